The molecule has 1 unspecified atom stereocenters. The Kier molecular flexibility index (Phi) is 5.17. The molecule has 1 aliphatic rings. The van der Waals surface area contributed by atoms with E-state index in [9.17, 15) is 4.79 Å². The Morgan fingerprint density at radius 2 is 2.35 bits per heavy atom. The molecule has 3 aromatic rings. The number of carbonyl (C=O) groups is 1. The lowest BCUT2D eigenvalue weighted by molar-refractivity contribution is 0.0530. The molecule has 0 N–H and O–H groups in total. The van der Waals surface area contributed by atoms with Gasteiger partial charge < -0.3 is 4.74 Å². The molecule has 5 nitrogen and oxygen atoms in total. The van der Waals surface area contributed by atoms with Gasteiger partial charge in [0.15, 0.2) is 0 Å². The van der Waals surface area contributed by atoms with Crippen LogP contribution in [0.5, 0.6) is 0 Å². The van der Waals surface area contributed by atoms with Crippen LogP contribution in [0, 0.1) is 5.92 Å². The van der Waals surface area contributed by atoms with Gasteiger partial charge in [0.2, 0.25) is 0 Å². The number of esters is 1. The number of nitrogens with zero attached hydrogens (tertiary/aromatic N) is 3. The summed E-state index contributed by atoms with van der Waals surface area (Å²) in [5.74, 6) is 1.07. The fraction of sp³-hybridized carbons (Fsp3) is 0.368. The van der Waals surface area contributed by atoms with Crippen molar-refractivity contribution in [3.8, 4) is 0 Å². The molecule has 26 heavy (non-hydrogen) atoms. The van der Waals surface area contributed by atoms with Gasteiger partial charge in [-0.2, -0.15) is 0 Å². The quantitative estimate of drug-likeness (QED) is 0.284. The van der Waals surface area contributed by atoms with E-state index in [2.05, 4.69) is 21.9 Å². The van der Waals surface area contributed by atoms with E-state index in [4.69, 9.17) is 4.74 Å². The molecule has 0 fully saturated rings. The Balaban J connectivity index is 1.42. The van der Waals surface area contributed by atoms with Crippen molar-refractivity contribution in [2.24, 2.45) is 5.92 Å². The van der Waals surface area contributed by atoms with E-state index in [1.54, 1.807) is 47.8 Å². The number of thiophene rings is 1. The number of carbonyl (C=O) groups excluding carboxylic acids is 1. The van der Waals surface area contributed by atoms with Crippen molar-refractivity contribution in [1.82, 2.24) is 15.0 Å². The van der Waals surface area contributed by atoms with Crippen LogP contribution < -0.4 is 0 Å². The number of aryl methyl sites for hydroxylation is 1. The highest BCUT2D eigenvalue weighted by atomic mass is 32.2. The summed E-state index contributed by atoms with van der Waals surface area (Å²) in [7, 11) is 0. The van der Waals surface area contributed by atoms with E-state index in [1.807, 2.05) is 0 Å². The summed E-state index contributed by atoms with van der Waals surface area (Å²) in [4.78, 5) is 27.4. The molecule has 3 aromatic heterocycles. The zero-order chi connectivity index (χ0) is 17.9. The van der Waals surface area contributed by atoms with E-state index in [0.717, 1.165) is 28.6 Å². The minimum Gasteiger partial charge on any atom is -0.461 e. The van der Waals surface area contributed by atoms with Crippen molar-refractivity contribution in [2.45, 2.75) is 31.2 Å². The van der Waals surface area contributed by atoms with Crippen molar-refractivity contribution in [1.29, 1.82) is 0 Å². The lowest BCUT2D eigenvalue weighted by Gasteiger charge is -2.18. The molecule has 0 aliphatic heterocycles. The molecular formula is C19H19N3O2S2. The van der Waals surface area contributed by atoms with Gasteiger partial charge in [0, 0.05) is 28.4 Å². The first-order valence-corrected chi connectivity index (χ1v) is 10.5. The van der Waals surface area contributed by atoms with E-state index < -0.39 is 0 Å². The summed E-state index contributed by atoms with van der Waals surface area (Å²) in [5.41, 5.74) is 1.90. The molecule has 1 atom stereocenters. The Labute approximate surface area is 160 Å². The minimum atomic E-state index is -0.339. The van der Waals surface area contributed by atoms with Gasteiger partial charge in [-0.1, -0.05) is 6.92 Å². The summed E-state index contributed by atoms with van der Waals surface area (Å²) in [6.45, 7) is 2.65. The molecule has 4 rings (SSSR count). The fourth-order valence-corrected chi connectivity index (χ4v) is 5.46. The van der Waals surface area contributed by atoms with E-state index in [1.165, 1.54) is 28.4 Å². The van der Waals surface area contributed by atoms with Crippen LogP contribution in [0.4, 0.5) is 0 Å². The molecule has 7 heteroatoms. The van der Waals surface area contributed by atoms with Crippen LogP contribution in [0.3, 0.4) is 0 Å². The average Bonchev–Trinajstić information content (AvgIpc) is 3.03. The normalized spacial score (nSPS) is 16.4. The first kappa shape index (κ1) is 17.4. The molecule has 134 valence electrons. The second-order valence-corrected chi connectivity index (χ2v) is 8.60. The van der Waals surface area contributed by atoms with Crippen LogP contribution in [-0.4, -0.2) is 33.3 Å². The third-order valence-corrected chi connectivity index (χ3v) is 6.63. The molecule has 1 aliphatic carbocycles. The van der Waals surface area contributed by atoms with Crippen LogP contribution in [0.15, 0.2) is 35.9 Å². The molecule has 0 saturated heterocycles. The maximum Gasteiger partial charge on any atom is 0.339 e. The molecule has 0 radical (unpaired) electrons. The van der Waals surface area contributed by atoms with Gasteiger partial charge in [0.05, 0.1) is 5.56 Å². The summed E-state index contributed by atoms with van der Waals surface area (Å²) >= 11 is 3.43. The molecule has 0 aromatic carbocycles. The molecular weight excluding hydrogens is 366 g/mol. The molecule has 0 saturated carbocycles. The predicted octanol–water partition coefficient (Wildman–Crippen LogP) is 4.16. The van der Waals surface area contributed by atoms with E-state index >= 15 is 0 Å². The monoisotopic (exact) mass is 385 g/mol. The number of hydrogen-bond acceptors (Lipinski definition) is 7. The number of aromatic nitrogens is 3. The Hall–Kier alpha value is -1.99. The fourth-order valence-electron chi connectivity index (χ4n) is 3.20. The topological polar surface area (TPSA) is 65.0 Å². The SMILES string of the molecule is CC1CCc2c(sc3ncnc(SCCOC(=O)c4cccnc4)c23)C1. The smallest absolute Gasteiger partial charge is 0.339 e. The van der Waals surface area contributed by atoms with Crippen molar-refractivity contribution in [3.63, 3.8) is 0 Å². The third-order valence-electron chi connectivity index (χ3n) is 4.51. The highest BCUT2D eigenvalue weighted by Crippen LogP contribution is 2.40. The first-order chi connectivity index (χ1) is 12.7. The lowest BCUT2D eigenvalue weighted by Crippen LogP contribution is -2.09. The third kappa shape index (κ3) is 3.59. The number of pyridine rings is 1. The van der Waals surface area contributed by atoms with Gasteiger partial charge in [-0.05, 0) is 42.9 Å². The lowest BCUT2D eigenvalue weighted by atomic mass is 9.89. The maximum atomic E-state index is 12.0. The van der Waals surface area contributed by atoms with Gasteiger partial charge in [0.1, 0.15) is 22.8 Å². The second kappa shape index (κ2) is 7.72. The van der Waals surface area contributed by atoms with Gasteiger partial charge in [-0.3, -0.25) is 4.98 Å². The molecule has 0 bridgehead atoms. The highest BCUT2D eigenvalue weighted by Gasteiger charge is 2.23. The largest absolute Gasteiger partial charge is 0.461 e. The van der Waals surface area contributed by atoms with Gasteiger partial charge in [0.25, 0.3) is 0 Å². The minimum absolute atomic E-state index is 0.339. The Morgan fingerprint density at radius 1 is 1.42 bits per heavy atom. The number of hydrogen-bond donors (Lipinski definition) is 0. The number of ether oxygens (including phenoxy) is 1. The standard InChI is InChI=1S/C19H19N3O2S2/c1-12-4-5-14-15(9-12)26-18-16(14)17(21-11-22-18)25-8-7-24-19(23)13-3-2-6-20-10-13/h2-3,6,10-12H,4-5,7-9H2,1H3. The number of fused-ring (bicyclic) bond motifs is 3. The summed E-state index contributed by atoms with van der Waals surface area (Å²) < 4.78 is 5.33. The zero-order valence-corrected chi connectivity index (χ0v) is 16.1. The summed E-state index contributed by atoms with van der Waals surface area (Å²) in [6, 6.07) is 3.43. The van der Waals surface area contributed by atoms with E-state index in [0.29, 0.717) is 17.9 Å². The van der Waals surface area contributed by atoms with Gasteiger partial charge >= 0.3 is 5.97 Å². The van der Waals surface area contributed by atoms with Crippen LogP contribution >= 0.6 is 23.1 Å². The predicted molar refractivity (Wildman–Crippen MR) is 104 cm³/mol. The molecule has 3 heterocycles. The Bertz CT molecular complexity index is 927. The second-order valence-electron chi connectivity index (χ2n) is 6.44. The van der Waals surface area contributed by atoms with Crippen LogP contribution in [0.1, 0.15) is 34.1 Å². The van der Waals surface area contributed by atoms with Crippen LogP contribution in [-0.2, 0) is 17.6 Å². The molecule has 0 spiro atoms. The average molecular weight is 386 g/mol. The first-order valence-electron chi connectivity index (χ1n) is 8.67. The number of rotatable bonds is 5. The Morgan fingerprint density at radius 3 is 3.19 bits per heavy atom. The molecule has 0 amide bonds. The highest BCUT2D eigenvalue weighted by molar-refractivity contribution is 7.99. The maximum absolute atomic E-state index is 12.0. The summed E-state index contributed by atoms with van der Waals surface area (Å²) in [5, 5.41) is 2.21. The summed E-state index contributed by atoms with van der Waals surface area (Å²) in [6.07, 6.45) is 8.26. The van der Waals surface area contributed by atoms with E-state index in [-0.39, 0.29) is 5.97 Å². The van der Waals surface area contributed by atoms with Gasteiger partial charge in [-0.25, -0.2) is 14.8 Å². The zero-order valence-electron chi connectivity index (χ0n) is 14.5. The van der Waals surface area contributed by atoms with Crippen molar-refractivity contribution in [2.75, 3.05) is 12.4 Å². The number of thioether (sulfide) groups is 1. The van der Waals surface area contributed by atoms with Crippen molar-refractivity contribution < 1.29 is 9.53 Å². The van der Waals surface area contributed by atoms with Crippen LogP contribution in [0.2, 0.25) is 0 Å². The van der Waals surface area contributed by atoms with Crippen molar-refractivity contribution >= 4 is 39.3 Å². The van der Waals surface area contributed by atoms with Crippen molar-refractivity contribution in [3.05, 3.63) is 46.9 Å². The van der Waals surface area contributed by atoms with Gasteiger partial charge in [-0.15, -0.1) is 23.1 Å². The van der Waals surface area contributed by atoms with Crippen LogP contribution in [0.25, 0.3) is 10.2 Å².